The monoisotopic (exact) mass is 274 g/mol. The van der Waals surface area contributed by atoms with Gasteiger partial charge in [-0.05, 0) is 18.2 Å². The standard InChI is InChI=1S/C13H10N2O3S/c14-13(19)8-3-4-15-12(5-8)18-9-1-2-10-11(6-9)17-7-16-10/h1-6H,7H2,(H2,14,19). The molecule has 0 saturated heterocycles. The third kappa shape index (κ3) is 2.43. The Morgan fingerprint density at radius 2 is 2.05 bits per heavy atom. The van der Waals surface area contributed by atoms with Crippen LogP contribution < -0.4 is 19.9 Å². The largest absolute Gasteiger partial charge is 0.454 e. The normalized spacial score (nSPS) is 12.2. The van der Waals surface area contributed by atoms with Crippen LogP contribution in [0.3, 0.4) is 0 Å². The van der Waals surface area contributed by atoms with Crippen LogP contribution in [-0.2, 0) is 0 Å². The molecule has 19 heavy (non-hydrogen) atoms. The average molecular weight is 274 g/mol. The zero-order valence-corrected chi connectivity index (χ0v) is 10.6. The van der Waals surface area contributed by atoms with E-state index in [2.05, 4.69) is 4.98 Å². The van der Waals surface area contributed by atoms with Gasteiger partial charge in [0.2, 0.25) is 12.7 Å². The number of rotatable bonds is 3. The summed E-state index contributed by atoms with van der Waals surface area (Å²) in [7, 11) is 0. The third-order valence-corrected chi connectivity index (χ3v) is 2.82. The van der Waals surface area contributed by atoms with Gasteiger partial charge < -0.3 is 19.9 Å². The van der Waals surface area contributed by atoms with E-state index in [1.54, 1.807) is 36.5 Å². The molecule has 2 aromatic rings. The summed E-state index contributed by atoms with van der Waals surface area (Å²) in [6.07, 6.45) is 1.59. The van der Waals surface area contributed by atoms with Gasteiger partial charge in [-0.2, -0.15) is 0 Å². The molecule has 96 valence electrons. The van der Waals surface area contributed by atoms with Crippen LogP contribution in [0.4, 0.5) is 0 Å². The van der Waals surface area contributed by atoms with Crippen LogP contribution in [0.2, 0.25) is 0 Å². The smallest absolute Gasteiger partial charge is 0.231 e. The summed E-state index contributed by atoms with van der Waals surface area (Å²) < 4.78 is 16.1. The molecule has 2 heterocycles. The third-order valence-electron chi connectivity index (χ3n) is 2.59. The predicted molar refractivity (Wildman–Crippen MR) is 72.8 cm³/mol. The summed E-state index contributed by atoms with van der Waals surface area (Å²) in [6, 6.07) is 8.73. The number of ether oxygens (including phenoxy) is 3. The van der Waals surface area contributed by atoms with Crippen molar-refractivity contribution in [2.45, 2.75) is 0 Å². The Balaban J connectivity index is 1.85. The van der Waals surface area contributed by atoms with Crippen molar-refractivity contribution in [3.05, 3.63) is 42.1 Å². The molecule has 6 heteroatoms. The van der Waals surface area contributed by atoms with Crippen LogP contribution in [0, 0.1) is 0 Å². The maximum absolute atomic E-state index is 5.63. The molecule has 0 amide bonds. The van der Waals surface area contributed by atoms with E-state index in [0.29, 0.717) is 33.7 Å². The van der Waals surface area contributed by atoms with Crippen molar-refractivity contribution in [3.63, 3.8) is 0 Å². The fourth-order valence-corrected chi connectivity index (χ4v) is 1.81. The molecule has 0 bridgehead atoms. The SMILES string of the molecule is NC(=S)c1ccnc(Oc2ccc3c(c2)OCO3)c1. The molecule has 0 atom stereocenters. The van der Waals surface area contributed by atoms with Crippen LogP contribution in [0.15, 0.2) is 36.5 Å². The first-order chi connectivity index (χ1) is 9.22. The summed E-state index contributed by atoms with van der Waals surface area (Å²) >= 11 is 4.91. The summed E-state index contributed by atoms with van der Waals surface area (Å²) in [4.78, 5) is 4.40. The van der Waals surface area contributed by atoms with Crippen molar-refractivity contribution in [3.8, 4) is 23.1 Å². The van der Waals surface area contributed by atoms with Gasteiger partial charge in [-0.1, -0.05) is 12.2 Å². The first kappa shape index (κ1) is 11.7. The Morgan fingerprint density at radius 1 is 1.21 bits per heavy atom. The van der Waals surface area contributed by atoms with Gasteiger partial charge in [-0.25, -0.2) is 4.98 Å². The quantitative estimate of drug-likeness (QED) is 0.866. The van der Waals surface area contributed by atoms with Gasteiger partial charge in [0.1, 0.15) is 10.7 Å². The first-order valence-corrected chi connectivity index (χ1v) is 5.96. The molecule has 5 nitrogen and oxygen atoms in total. The average Bonchev–Trinajstić information content (AvgIpc) is 2.86. The molecule has 0 fully saturated rings. The lowest BCUT2D eigenvalue weighted by Gasteiger charge is -2.06. The second kappa shape index (κ2) is 4.74. The highest BCUT2D eigenvalue weighted by molar-refractivity contribution is 7.80. The molecule has 1 aliphatic heterocycles. The second-order valence-corrected chi connectivity index (χ2v) is 4.30. The Hall–Kier alpha value is -2.34. The van der Waals surface area contributed by atoms with E-state index >= 15 is 0 Å². The van der Waals surface area contributed by atoms with Crippen molar-refractivity contribution in [2.24, 2.45) is 5.73 Å². The number of pyridine rings is 1. The fraction of sp³-hybridized carbons (Fsp3) is 0.0769. The maximum Gasteiger partial charge on any atom is 0.231 e. The van der Waals surface area contributed by atoms with Gasteiger partial charge >= 0.3 is 0 Å². The highest BCUT2D eigenvalue weighted by Crippen LogP contribution is 2.36. The molecule has 1 aliphatic rings. The van der Waals surface area contributed by atoms with Gasteiger partial charge in [-0.15, -0.1) is 0 Å². The molecule has 0 saturated carbocycles. The molecule has 0 unspecified atom stereocenters. The van der Waals surface area contributed by atoms with Crippen LogP contribution in [-0.4, -0.2) is 16.8 Å². The number of hydrogen-bond acceptors (Lipinski definition) is 5. The van der Waals surface area contributed by atoms with E-state index in [4.69, 9.17) is 32.2 Å². The van der Waals surface area contributed by atoms with Gasteiger partial charge in [0.15, 0.2) is 11.5 Å². The molecule has 1 aromatic carbocycles. The summed E-state index contributed by atoms with van der Waals surface area (Å²) in [5.74, 6) is 2.39. The number of nitrogens with two attached hydrogens (primary N) is 1. The van der Waals surface area contributed by atoms with E-state index in [1.165, 1.54) is 0 Å². The lowest BCUT2D eigenvalue weighted by molar-refractivity contribution is 0.174. The zero-order valence-electron chi connectivity index (χ0n) is 9.83. The minimum Gasteiger partial charge on any atom is -0.454 e. The summed E-state index contributed by atoms with van der Waals surface area (Å²) in [5, 5.41) is 0. The second-order valence-electron chi connectivity index (χ2n) is 3.86. The van der Waals surface area contributed by atoms with Crippen molar-refractivity contribution >= 4 is 17.2 Å². The molecular weight excluding hydrogens is 264 g/mol. The van der Waals surface area contributed by atoms with Crippen LogP contribution >= 0.6 is 12.2 Å². The predicted octanol–water partition coefficient (Wildman–Crippen LogP) is 2.24. The summed E-state index contributed by atoms with van der Waals surface area (Å²) in [6.45, 7) is 0.230. The van der Waals surface area contributed by atoms with Crippen molar-refractivity contribution in [2.75, 3.05) is 6.79 Å². The zero-order chi connectivity index (χ0) is 13.2. The van der Waals surface area contributed by atoms with Crippen LogP contribution in [0.1, 0.15) is 5.56 Å². The number of aromatic nitrogens is 1. The van der Waals surface area contributed by atoms with Crippen molar-refractivity contribution < 1.29 is 14.2 Å². The highest BCUT2D eigenvalue weighted by atomic mass is 32.1. The number of hydrogen-bond donors (Lipinski definition) is 1. The lowest BCUT2D eigenvalue weighted by atomic mass is 10.2. The summed E-state index contributed by atoms with van der Waals surface area (Å²) in [5.41, 5.74) is 6.27. The highest BCUT2D eigenvalue weighted by Gasteiger charge is 2.14. The minimum absolute atomic E-state index is 0.230. The van der Waals surface area contributed by atoms with Gasteiger partial charge in [0, 0.05) is 23.9 Å². The van der Waals surface area contributed by atoms with E-state index in [0.717, 1.165) is 0 Å². The molecule has 0 radical (unpaired) electrons. The Bertz CT molecular complexity index is 646. The van der Waals surface area contributed by atoms with Crippen LogP contribution in [0.5, 0.6) is 23.1 Å². The van der Waals surface area contributed by atoms with Crippen LogP contribution in [0.25, 0.3) is 0 Å². The topological polar surface area (TPSA) is 66.6 Å². The van der Waals surface area contributed by atoms with Crippen molar-refractivity contribution in [1.29, 1.82) is 0 Å². The molecule has 0 aliphatic carbocycles. The Labute approximate surface area is 114 Å². The Morgan fingerprint density at radius 3 is 2.89 bits per heavy atom. The van der Waals surface area contributed by atoms with E-state index in [1.807, 2.05) is 0 Å². The van der Waals surface area contributed by atoms with E-state index < -0.39 is 0 Å². The van der Waals surface area contributed by atoms with E-state index in [-0.39, 0.29) is 6.79 Å². The van der Waals surface area contributed by atoms with Gasteiger partial charge in [0.25, 0.3) is 0 Å². The number of thiocarbonyl (C=S) groups is 1. The molecular formula is C13H10N2O3S. The van der Waals surface area contributed by atoms with Crippen molar-refractivity contribution in [1.82, 2.24) is 4.98 Å². The molecule has 0 spiro atoms. The molecule has 2 N–H and O–H groups in total. The number of nitrogens with zero attached hydrogens (tertiary/aromatic N) is 1. The van der Waals surface area contributed by atoms with E-state index in [9.17, 15) is 0 Å². The number of fused-ring (bicyclic) bond motifs is 1. The molecule has 3 rings (SSSR count). The van der Waals surface area contributed by atoms with Gasteiger partial charge in [-0.3, -0.25) is 0 Å². The fourth-order valence-electron chi connectivity index (χ4n) is 1.68. The minimum atomic E-state index is 0.230. The molecule has 1 aromatic heterocycles. The van der Waals surface area contributed by atoms with Gasteiger partial charge in [0.05, 0.1) is 0 Å². The maximum atomic E-state index is 5.63. The Kier molecular flexibility index (Phi) is 2.92. The number of benzene rings is 1. The first-order valence-electron chi connectivity index (χ1n) is 5.56. The lowest BCUT2D eigenvalue weighted by Crippen LogP contribution is -2.09.